The molecular formula is C21H28N4O5S. The van der Waals surface area contributed by atoms with Gasteiger partial charge in [0.25, 0.3) is 5.91 Å². The number of anilines is 1. The molecule has 3 amide bonds. The molecule has 1 aromatic rings. The summed E-state index contributed by atoms with van der Waals surface area (Å²) in [6.07, 6.45) is 7.75. The van der Waals surface area contributed by atoms with E-state index in [2.05, 4.69) is 10.6 Å². The SMILES string of the molecule is O=C1CN(c2ccc(CCNC(=O)NC34CC5CC(CC(C5)C3)C4)cc2O)S(=O)(=O)N1. The minimum atomic E-state index is -3.97. The van der Waals surface area contributed by atoms with Gasteiger partial charge in [-0.3, -0.25) is 4.79 Å². The molecule has 10 heteroatoms. The molecule has 9 nitrogen and oxygen atoms in total. The number of nitrogens with one attached hydrogen (secondary N) is 3. The van der Waals surface area contributed by atoms with Gasteiger partial charge in [-0.25, -0.2) is 13.8 Å². The molecule has 5 aliphatic rings. The maximum Gasteiger partial charge on any atom is 0.326 e. The van der Waals surface area contributed by atoms with Crippen LogP contribution in [0.3, 0.4) is 0 Å². The van der Waals surface area contributed by atoms with Gasteiger partial charge in [0, 0.05) is 12.1 Å². The molecule has 4 aliphatic carbocycles. The summed E-state index contributed by atoms with van der Waals surface area (Å²) in [5.41, 5.74) is 0.771. The van der Waals surface area contributed by atoms with Gasteiger partial charge in [0.15, 0.2) is 0 Å². The normalized spacial score (nSPS) is 32.7. The smallest absolute Gasteiger partial charge is 0.326 e. The Morgan fingerprint density at radius 1 is 1.16 bits per heavy atom. The summed E-state index contributed by atoms with van der Waals surface area (Å²) in [6.45, 7) is 0.0420. The van der Waals surface area contributed by atoms with Crippen LogP contribution in [0.25, 0.3) is 0 Å². The molecule has 31 heavy (non-hydrogen) atoms. The van der Waals surface area contributed by atoms with Crippen LogP contribution in [0.5, 0.6) is 5.75 Å². The van der Waals surface area contributed by atoms with Gasteiger partial charge in [0.1, 0.15) is 12.3 Å². The number of phenols is 1. The predicted molar refractivity (Wildman–Crippen MR) is 114 cm³/mol. The number of nitrogens with zero attached hydrogens (tertiary/aromatic N) is 1. The van der Waals surface area contributed by atoms with Gasteiger partial charge in [0.2, 0.25) is 0 Å². The molecule has 1 aromatic carbocycles. The number of hydrogen-bond donors (Lipinski definition) is 4. The molecule has 0 spiro atoms. The third-order valence-corrected chi connectivity index (χ3v) is 8.64. The first-order valence-corrected chi connectivity index (χ1v) is 12.4. The number of benzene rings is 1. The molecule has 4 saturated carbocycles. The summed E-state index contributed by atoms with van der Waals surface area (Å²) in [7, 11) is -3.97. The van der Waals surface area contributed by atoms with Gasteiger partial charge in [-0.05, 0) is 80.4 Å². The minimum absolute atomic E-state index is 0.0363. The van der Waals surface area contributed by atoms with Crippen molar-refractivity contribution in [3.05, 3.63) is 23.8 Å². The monoisotopic (exact) mass is 448 g/mol. The fourth-order valence-corrected chi connectivity index (χ4v) is 7.63. The van der Waals surface area contributed by atoms with Crippen LogP contribution in [0.1, 0.15) is 44.1 Å². The Kier molecular flexibility index (Phi) is 4.80. The van der Waals surface area contributed by atoms with Gasteiger partial charge in [-0.15, -0.1) is 0 Å². The topological polar surface area (TPSA) is 128 Å². The van der Waals surface area contributed by atoms with Crippen molar-refractivity contribution in [2.75, 3.05) is 17.4 Å². The fourth-order valence-electron chi connectivity index (χ4n) is 6.47. The van der Waals surface area contributed by atoms with Gasteiger partial charge in [-0.2, -0.15) is 8.42 Å². The molecule has 5 fully saturated rings. The minimum Gasteiger partial charge on any atom is -0.506 e. The van der Waals surface area contributed by atoms with Gasteiger partial charge < -0.3 is 15.7 Å². The molecule has 4 bridgehead atoms. The van der Waals surface area contributed by atoms with Crippen LogP contribution in [-0.2, 0) is 21.4 Å². The highest BCUT2D eigenvalue weighted by Gasteiger charge is 2.51. The molecule has 4 N–H and O–H groups in total. The van der Waals surface area contributed by atoms with Crippen LogP contribution in [0.4, 0.5) is 10.5 Å². The Hall–Kier alpha value is -2.49. The second kappa shape index (κ2) is 7.29. The number of urea groups is 1. The standard InChI is InChI=1S/C21H28N4O5S/c26-18-8-13(1-2-17(18)25-12-19(27)24-31(25,29)30)3-4-22-20(28)23-21-9-14-5-15(10-21)7-16(6-14)11-21/h1-2,8,14-16,26H,3-7,9-12H2,(H,24,27)(H2,22,23,28). The van der Waals surface area contributed by atoms with Crippen LogP contribution in [0, 0.1) is 17.8 Å². The number of rotatable bonds is 5. The van der Waals surface area contributed by atoms with Crippen molar-refractivity contribution >= 4 is 27.8 Å². The largest absolute Gasteiger partial charge is 0.506 e. The molecule has 0 aromatic heterocycles. The maximum absolute atomic E-state index is 12.5. The van der Waals surface area contributed by atoms with E-state index in [-0.39, 0.29) is 29.6 Å². The highest BCUT2D eigenvalue weighted by atomic mass is 32.2. The zero-order valence-electron chi connectivity index (χ0n) is 17.3. The molecular weight excluding hydrogens is 420 g/mol. The van der Waals surface area contributed by atoms with Gasteiger partial charge in [-0.1, -0.05) is 6.07 Å². The van der Waals surface area contributed by atoms with E-state index in [1.165, 1.54) is 31.4 Å². The van der Waals surface area contributed by atoms with E-state index >= 15 is 0 Å². The molecule has 6 rings (SSSR count). The van der Waals surface area contributed by atoms with Crippen molar-refractivity contribution in [3.63, 3.8) is 0 Å². The van der Waals surface area contributed by atoms with Crippen molar-refractivity contribution in [1.29, 1.82) is 0 Å². The summed E-state index contributed by atoms with van der Waals surface area (Å²) in [5, 5.41) is 16.5. The lowest BCUT2D eigenvalue weighted by Gasteiger charge is -2.56. The van der Waals surface area contributed by atoms with Crippen molar-refractivity contribution in [3.8, 4) is 5.75 Å². The number of carbonyl (C=O) groups excluding carboxylic acids is 2. The highest BCUT2D eigenvalue weighted by Crippen LogP contribution is 2.55. The average Bonchev–Trinajstić information content (AvgIpc) is 2.92. The molecule has 0 atom stereocenters. The van der Waals surface area contributed by atoms with Crippen LogP contribution in [0.2, 0.25) is 0 Å². The Balaban J connectivity index is 1.15. The number of amides is 3. The van der Waals surface area contributed by atoms with Crippen molar-refractivity contribution in [1.82, 2.24) is 15.4 Å². The predicted octanol–water partition coefficient (Wildman–Crippen LogP) is 1.38. The first-order valence-electron chi connectivity index (χ1n) is 10.9. The van der Waals surface area contributed by atoms with Gasteiger partial charge >= 0.3 is 16.2 Å². The molecule has 1 aliphatic heterocycles. The van der Waals surface area contributed by atoms with E-state index in [0.29, 0.717) is 13.0 Å². The Morgan fingerprint density at radius 3 is 2.35 bits per heavy atom. The molecule has 1 heterocycles. The number of phenolic OH excluding ortho intramolecular Hbond substituents is 1. The molecule has 1 saturated heterocycles. The first-order chi connectivity index (χ1) is 14.7. The quantitative estimate of drug-likeness (QED) is 0.541. The lowest BCUT2D eigenvalue weighted by Crippen LogP contribution is -2.61. The van der Waals surface area contributed by atoms with Crippen LogP contribution >= 0.6 is 0 Å². The summed E-state index contributed by atoms with van der Waals surface area (Å²) >= 11 is 0. The summed E-state index contributed by atoms with van der Waals surface area (Å²) < 4.78 is 26.6. The second-order valence-electron chi connectivity index (χ2n) is 9.69. The van der Waals surface area contributed by atoms with Crippen molar-refractivity contribution in [2.24, 2.45) is 17.8 Å². The van der Waals surface area contributed by atoms with E-state index in [0.717, 1.165) is 46.9 Å². The second-order valence-corrected chi connectivity index (χ2v) is 11.3. The van der Waals surface area contributed by atoms with Crippen LogP contribution in [0.15, 0.2) is 18.2 Å². The fraction of sp³-hybridized carbons (Fsp3) is 0.619. The van der Waals surface area contributed by atoms with E-state index in [9.17, 15) is 23.1 Å². The van der Waals surface area contributed by atoms with Crippen molar-refractivity contribution in [2.45, 2.75) is 50.5 Å². The molecule has 168 valence electrons. The third kappa shape index (κ3) is 3.93. The Labute approximate surface area is 181 Å². The summed E-state index contributed by atoms with van der Waals surface area (Å²) in [4.78, 5) is 23.9. The zero-order chi connectivity index (χ0) is 21.8. The number of carbonyl (C=O) groups is 2. The Bertz CT molecular complexity index is 989. The molecule has 0 radical (unpaired) electrons. The average molecular weight is 449 g/mol. The van der Waals surface area contributed by atoms with E-state index in [4.69, 9.17) is 0 Å². The lowest BCUT2D eigenvalue weighted by molar-refractivity contribution is -0.117. The first kappa shape index (κ1) is 20.4. The lowest BCUT2D eigenvalue weighted by atomic mass is 9.53. The number of hydrogen-bond acceptors (Lipinski definition) is 5. The molecule has 0 unspecified atom stereocenters. The van der Waals surface area contributed by atoms with E-state index in [1.807, 2.05) is 4.72 Å². The van der Waals surface area contributed by atoms with Crippen LogP contribution < -0.4 is 19.7 Å². The maximum atomic E-state index is 12.5. The zero-order valence-corrected chi connectivity index (χ0v) is 18.1. The van der Waals surface area contributed by atoms with E-state index < -0.39 is 16.1 Å². The Morgan fingerprint density at radius 2 is 1.81 bits per heavy atom. The summed E-state index contributed by atoms with van der Waals surface area (Å²) in [6, 6.07) is 4.48. The number of aromatic hydroxyl groups is 1. The van der Waals surface area contributed by atoms with E-state index in [1.54, 1.807) is 6.07 Å². The van der Waals surface area contributed by atoms with Gasteiger partial charge in [0.05, 0.1) is 5.69 Å². The summed E-state index contributed by atoms with van der Waals surface area (Å²) in [5.74, 6) is 1.42. The van der Waals surface area contributed by atoms with Crippen molar-refractivity contribution < 1.29 is 23.1 Å². The highest BCUT2D eigenvalue weighted by molar-refractivity contribution is 7.92. The third-order valence-electron chi connectivity index (χ3n) is 7.24. The van der Waals surface area contributed by atoms with Crippen LogP contribution in [-0.4, -0.2) is 44.1 Å².